The molecule has 5 nitrogen and oxygen atoms in total. The predicted octanol–water partition coefficient (Wildman–Crippen LogP) is 2.40. The van der Waals surface area contributed by atoms with Crippen molar-refractivity contribution in [2.24, 2.45) is 5.92 Å². The van der Waals surface area contributed by atoms with Gasteiger partial charge in [-0.2, -0.15) is 0 Å². The minimum atomic E-state index is -1.58. The predicted molar refractivity (Wildman–Crippen MR) is 95.4 cm³/mol. The number of hydrazine groups is 1. The van der Waals surface area contributed by atoms with Crippen LogP contribution in [0, 0.1) is 23.4 Å². The molecule has 1 saturated heterocycles. The molecule has 0 aliphatic carbocycles. The fourth-order valence-corrected chi connectivity index (χ4v) is 3.69. The molecule has 2 aromatic carbocycles. The number of hydrogen-bond acceptors (Lipinski definition) is 5. The number of esters is 1. The third-order valence-corrected chi connectivity index (χ3v) is 5.06. The summed E-state index contributed by atoms with van der Waals surface area (Å²) in [6, 6.07) is 10.8. The zero-order valence-electron chi connectivity index (χ0n) is 15.2. The lowest BCUT2D eigenvalue weighted by molar-refractivity contribution is -0.141. The second-order valence-electron chi connectivity index (χ2n) is 6.79. The molecule has 0 aromatic heterocycles. The van der Waals surface area contributed by atoms with E-state index in [1.165, 1.54) is 7.11 Å². The summed E-state index contributed by atoms with van der Waals surface area (Å²) in [5, 5.41) is 10.5. The summed E-state index contributed by atoms with van der Waals surface area (Å²) in [6.45, 7) is 0. The lowest BCUT2D eigenvalue weighted by Crippen LogP contribution is -2.36. The number of aliphatic hydroxyl groups is 1. The molecule has 0 radical (unpaired) electrons. The minimum absolute atomic E-state index is 0.0782. The van der Waals surface area contributed by atoms with Crippen LogP contribution in [0.1, 0.15) is 23.5 Å². The molecular weight excluding hydrogens is 373 g/mol. The van der Waals surface area contributed by atoms with Gasteiger partial charge in [0.2, 0.25) is 0 Å². The summed E-state index contributed by atoms with van der Waals surface area (Å²) >= 11 is 0. The van der Waals surface area contributed by atoms with Crippen molar-refractivity contribution in [3.63, 3.8) is 0 Å². The molecule has 3 rings (SSSR count). The zero-order chi connectivity index (χ0) is 20.3. The van der Waals surface area contributed by atoms with E-state index in [0.29, 0.717) is 6.42 Å². The highest BCUT2D eigenvalue weighted by Crippen LogP contribution is 2.37. The Kier molecular flexibility index (Phi) is 6.33. The van der Waals surface area contributed by atoms with Gasteiger partial charge < -0.3 is 9.84 Å². The topological polar surface area (TPSA) is 70.6 Å². The first-order valence-corrected chi connectivity index (χ1v) is 8.85. The summed E-state index contributed by atoms with van der Waals surface area (Å²) in [5.41, 5.74) is 6.75. The van der Waals surface area contributed by atoms with E-state index in [1.807, 2.05) is 30.3 Å². The molecule has 150 valence electrons. The molecule has 8 heteroatoms. The van der Waals surface area contributed by atoms with E-state index in [1.54, 1.807) is 0 Å². The fourth-order valence-electron chi connectivity index (χ4n) is 3.69. The Balaban J connectivity index is 1.96. The van der Waals surface area contributed by atoms with Gasteiger partial charge in [0.05, 0.1) is 13.5 Å². The number of carbonyl (C=O) groups is 1. The number of methoxy groups -OCH3 is 1. The van der Waals surface area contributed by atoms with Crippen LogP contribution in [0.4, 0.5) is 13.2 Å². The maximum Gasteiger partial charge on any atom is 0.306 e. The van der Waals surface area contributed by atoms with Crippen molar-refractivity contribution in [3.05, 3.63) is 71.0 Å². The van der Waals surface area contributed by atoms with Crippen LogP contribution in [-0.2, 0) is 16.0 Å². The Hall–Kier alpha value is -2.42. The Morgan fingerprint density at radius 1 is 1.14 bits per heavy atom. The van der Waals surface area contributed by atoms with Crippen LogP contribution >= 0.6 is 0 Å². The minimum Gasteiger partial charge on any atom is -0.469 e. The first kappa shape index (κ1) is 20.3. The fraction of sp³-hybridized carbons (Fsp3) is 0.350. The number of aliphatic hydroxyl groups excluding tert-OH is 1. The highest BCUT2D eigenvalue weighted by Gasteiger charge is 2.42. The number of nitrogens with one attached hydrogen (secondary N) is 2. The molecule has 28 heavy (non-hydrogen) atoms. The van der Waals surface area contributed by atoms with E-state index < -0.39 is 41.5 Å². The van der Waals surface area contributed by atoms with Gasteiger partial charge in [-0.1, -0.05) is 30.3 Å². The van der Waals surface area contributed by atoms with Crippen molar-refractivity contribution >= 4 is 5.97 Å². The number of carbonyl (C=O) groups excluding carboxylic acids is 1. The Labute approximate surface area is 160 Å². The number of rotatable bonds is 6. The highest BCUT2D eigenvalue weighted by atomic mass is 19.2. The number of ether oxygens (including phenoxy) is 1. The van der Waals surface area contributed by atoms with Crippen LogP contribution in [0.15, 0.2) is 42.5 Å². The molecule has 3 N–H and O–H groups in total. The van der Waals surface area contributed by atoms with Gasteiger partial charge in [-0.3, -0.25) is 10.2 Å². The van der Waals surface area contributed by atoms with Crippen LogP contribution in [0.5, 0.6) is 0 Å². The van der Waals surface area contributed by atoms with Crippen LogP contribution < -0.4 is 10.9 Å². The summed E-state index contributed by atoms with van der Waals surface area (Å²) in [6.07, 6.45) is -0.809. The maximum absolute atomic E-state index is 13.8. The molecule has 1 aliphatic rings. The number of hydrogen-bond donors (Lipinski definition) is 3. The van der Waals surface area contributed by atoms with E-state index in [4.69, 9.17) is 4.74 Å². The van der Waals surface area contributed by atoms with Gasteiger partial charge in [-0.15, -0.1) is 0 Å². The van der Waals surface area contributed by atoms with Gasteiger partial charge >= 0.3 is 5.97 Å². The molecule has 0 saturated carbocycles. The average Bonchev–Trinajstić information content (AvgIpc) is 3.04. The average molecular weight is 394 g/mol. The summed E-state index contributed by atoms with van der Waals surface area (Å²) in [5.74, 6) is -6.31. The van der Waals surface area contributed by atoms with Crippen molar-refractivity contribution in [1.82, 2.24) is 10.9 Å². The van der Waals surface area contributed by atoms with Crippen molar-refractivity contribution in [2.75, 3.05) is 7.11 Å². The molecule has 4 atom stereocenters. The van der Waals surface area contributed by atoms with Gasteiger partial charge in [-0.25, -0.2) is 18.6 Å². The van der Waals surface area contributed by atoms with Gasteiger partial charge in [0.15, 0.2) is 17.5 Å². The van der Waals surface area contributed by atoms with E-state index in [0.717, 1.165) is 17.7 Å². The van der Waals surface area contributed by atoms with Crippen LogP contribution in [-0.4, -0.2) is 30.5 Å². The van der Waals surface area contributed by atoms with Gasteiger partial charge in [0, 0.05) is 17.9 Å². The van der Waals surface area contributed by atoms with Crippen molar-refractivity contribution in [3.8, 4) is 0 Å². The summed E-state index contributed by atoms with van der Waals surface area (Å²) in [7, 11) is 1.20. The molecule has 2 aromatic rings. The summed E-state index contributed by atoms with van der Waals surface area (Å²) < 4.78 is 45.8. The number of halogens is 3. The zero-order valence-corrected chi connectivity index (χ0v) is 15.2. The van der Waals surface area contributed by atoms with E-state index in [-0.39, 0.29) is 18.0 Å². The van der Waals surface area contributed by atoms with Gasteiger partial charge in [0.25, 0.3) is 0 Å². The first-order valence-electron chi connectivity index (χ1n) is 8.85. The van der Waals surface area contributed by atoms with E-state index in [9.17, 15) is 23.1 Å². The van der Waals surface area contributed by atoms with Gasteiger partial charge in [0.1, 0.15) is 6.23 Å². The normalized spacial score (nSPS) is 22.8. The van der Waals surface area contributed by atoms with E-state index >= 15 is 0 Å². The molecule has 1 fully saturated rings. The quantitative estimate of drug-likeness (QED) is 0.519. The SMILES string of the molecule is COC(=O)CC(c1cc(F)c(F)c(F)c1)C1C(O)NNC1Cc1ccccc1. The lowest BCUT2D eigenvalue weighted by atomic mass is 9.77. The third-order valence-electron chi connectivity index (χ3n) is 5.06. The molecular formula is C20H21F3N2O3. The lowest BCUT2D eigenvalue weighted by Gasteiger charge is -2.29. The largest absolute Gasteiger partial charge is 0.469 e. The highest BCUT2D eigenvalue weighted by molar-refractivity contribution is 5.70. The van der Waals surface area contributed by atoms with Crippen molar-refractivity contribution in [2.45, 2.75) is 31.0 Å². The van der Waals surface area contributed by atoms with Crippen molar-refractivity contribution < 1.29 is 27.8 Å². The molecule has 4 unspecified atom stereocenters. The molecule has 1 heterocycles. The molecule has 1 aliphatic heterocycles. The Morgan fingerprint density at radius 2 is 1.79 bits per heavy atom. The smallest absolute Gasteiger partial charge is 0.306 e. The maximum atomic E-state index is 13.8. The second-order valence-corrected chi connectivity index (χ2v) is 6.79. The first-order chi connectivity index (χ1) is 13.4. The Bertz CT molecular complexity index is 812. The standard InChI is InChI=1S/C20H21F3N2O3/c1-28-17(26)10-13(12-8-14(21)19(23)15(22)9-12)18-16(24-25-20(18)27)7-11-5-3-2-4-6-11/h2-6,8-9,13,16,18,20,24-25,27H,7,10H2,1H3. The van der Waals surface area contributed by atoms with Gasteiger partial charge in [-0.05, 0) is 29.7 Å². The van der Waals surface area contributed by atoms with Crippen molar-refractivity contribution in [1.29, 1.82) is 0 Å². The molecule has 0 amide bonds. The monoisotopic (exact) mass is 394 g/mol. The third kappa shape index (κ3) is 4.35. The molecule has 0 spiro atoms. The van der Waals surface area contributed by atoms with E-state index in [2.05, 4.69) is 10.9 Å². The summed E-state index contributed by atoms with van der Waals surface area (Å²) in [4.78, 5) is 12.0. The Morgan fingerprint density at radius 3 is 2.39 bits per heavy atom. The van der Waals surface area contributed by atoms with Crippen LogP contribution in [0.3, 0.4) is 0 Å². The second kappa shape index (κ2) is 8.72. The number of benzene rings is 2. The van der Waals surface area contributed by atoms with Crippen LogP contribution in [0.2, 0.25) is 0 Å². The van der Waals surface area contributed by atoms with Crippen LogP contribution in [0.25, 0.3) is 0 Å². The molecule has 0 bridgehead atoms.